The van der Waals surface area contributed by atoms with Crippen molar-refractivity contribution in [2.45, 2.75) is 17.0 Å². The highest BCUT2D eigenvalue weighted by molar-refractivity contribution is 14.1. The number of nitrogens with zero attached hydrogens (tertiary/aromatic N) is 1. The maximum Gasteiger partial charge on any atom is 0.141 e. The molecule has 1 aromatic rings. The molecule has 12 heavy (non-hydrogen) atoms. The first-order valence-electron chi connectivity index (χ1n) is 3.96. The molecule has 1 aliphatic rings. The minimum atomic E-state index is -0.158. The van der Waals surface area contributed by atoms with Crippen molar-refractivity contribution >= 4 is 22.6 Å². The Morgan fingerprint density at radius 2 is 2.50 bits per heavy atom. The normalized spacial score (nSPS) is 28.2. The summed E-state index contributed by atoms with van der Waals surface area (Å²) in [6.07, 6.45) is 4.75. The molecule has 1 unspecified atom stereocenters. The third-order valence-corrected chi connectivity index (χ3v) is 3.02. The molecule has 1 atom stereocenters. The monoisotopic (exact) mass is 275 g/mol. The molecule has 1 aliphatic heterocycles. The number of ether oxygens (including phenoxy) is 1. The second-order valence-corrected chi connectivity index (χ2v) is 5.11. The largest absolute Gasteiger partial charge is 0.360 e. The number of aromatic nitrogens is 1. The van der Waals surface area contributed by atoms with Crippen molar-refractivity contribution < 1.29 is 4.74 Å². The summed E-state index contributed by atoms with van der Waals surface area (Å²) in [5.74, 6) is 0. The molecule has 0 saturated carbocycles. The van der Waals surface area contributed by atoms with E-state index in [0.717, 1.165) is 13.0 Å². The van der Waals surface area contributed by atoms with Crippen molar-refractivity contribution in [3.8, 4) is 0 Å². The van der Waals surface area contributed by atoms with Gasteiger partial charge in [-0.2, -0.15) is 0 Å². The molecule has 0 saturated heterocycles. The van der Waals surface area contributed by atoms with E-state index in [1.54, 1.807) is 0 Å². The van der Waals surface area contributed by atoms with E-state index in [0.29, 0.717) is 0 Å². The van der Waals surface area contributed by atoms with Crippen LogP contribution in [0.15, 0.2) is 18.5 Å². The van der Waals surface area contributed by atoms with E-state index in [1.807, 2.05) is 18.5 Å². The van der Waals surface area contributed by atoms with Gasteiger partial charge in [-0.25, -0.2) is 0 Å². The molecular formula is C9H10INO. The Hall–Kier alpha value is -0.160. The predicted molar refractivity (Wildman–Crippen MR) is 55.3 cm³/mol. The fourth-order valence-corrected chi connectivity index (χ4v) is 2.24. The molecular weight excluding hydrogens is 265 g/mol. The summed E-state index contributed by atoms with van der Waals surface area (Å²) < 4.78 is 5.49. The van der Waals surface area contributed by atoms with E-state index in [9.17, 15) is 0 Å². The average Bonchev–Trinajstić information content (AvgIpc) is 2.04. The molecule has 0 radical (unpaired) electrons. The van der Waals surface area contributed by atoms with E-state index in [1.165, 1.54) is 11.1 Å². The minimum absolute atomic E-state index is 0.158. The number of hydrogen-bond acceptors (Lipinski definition) is 2. The number of alkyl halides is 1. The average molecular weight is 275 g/mol. The van der Waals surface area contributed by atoms with Crippen LogP contribution < -0.4 is 0 Å². The first kappa shape index (κ1) is 8.44. The Morgan fingerprint density at radius 3 is 3.25 bits per heavy atom. The summed E-state index contributed by atoms with van der Waals surface area (Å²) in [6.45, 7) is 2.89. The van der Waals surface area contributed by atoms with Gasteiger partial charge in [0.2, 0.25) is 0 Å². The Morgan fingerprint density at radius 1 is 1.67 bits per heavy atom. The molecule has 0 aromatic carbocycles. The maximum absolute atomic E-state index is 5.65. The molecule has 2 nitrogen and oxygen atoms in total. The molecule has 0 amide bonds. The van der Waals surface area contributed by atoms with Crippen molar-refractivity contribution in [1.82, 2.24) is 4.98 Å². The molecule has 0 aliphatic carbocycles. The molecule has 0 bridgehead atoms. The number of rotatable bonds is 0. The molecule has 0 N–H and O–H groups in total. The van der Waals surface area contributed by atoms with Crippen LogP contribution in [0.25, 0.3) is 0 Å². The summed E-state index contributed by atoms with van der Waals surface area (Å²) in [5, 5.41) is 0. The van der Waals surface area contributed by atoms with Crippen LogP contribution in [0.1, 0.15) is 18.1 Å². The van der Waals surface area contributed by atoms with Crippen LogP contribution in [0, 0.1) is 0 Å². The Balaban J connectivity index is 2.52. The lowest BCUT2D eigenvalue weighted by Gasteiger charge is -2.30. The van der Waals surface area contributed by atoms with Gasteiger partial charge in [0.25, 0.3) is 0 Å². The van der Waals surface area contributed by atoms with Gasteiger partial charge >= 0.3 is 0 Å². The Kier molecular flexibility index (Phi) is 2.08. The number of fused-ring (bicyclic) bond motifs is 1. The van der Waals surface area contributed by atoms with Crippen molar-refractivity contribution in [2.24, 2.45) is 0 Å². The molecule has 64 valence electrons. The first-order valence-corrected chi connectivity index (χ1v) is 5.04. The maximum atomic E-state index is 5.65. The van der Waals surface area contributed by atoms with Gasteiger partial charge in [0, 0.05) is 12.4 Å². The smallest absolute Gasteiger partial charge is 0.141 e. The van der Waals surface area contributed by atoms with Crippen LogP contribution >= 0.6 is 22.6 Å². The van der Waals surface area contributed by atoms with Gasteiger partial charge in [-0.1, -0.05) is 0 Å². The molecule has 3 heteroatoms. The second-order valence-electron chi connectivity index (χ2n) is 3.05. The highest BCUT2D eigenvalue weighted by Crippen LogP contribution is 2.37. The third kappa shape index (κ3) is 1.35. The topological polar surface area (TPSA) is 22.1 Å². The summed E-state index contributed by atoms with van der Waals surface area (Å²) in [4.78, 5) is 4.10. The highest BCUT2D eigenvalue weighted by atomic mass is 127. The fraction of sp³-hybridized carbons (Fsp3) is 0.444. The van der Waals surface area contributed by atoms with E-state index in [-0.39, 0.29) is 3.61 Å². The number of pyridine rings is 1. The SMILES string of the molecule is CC1(I)OCCc2cnccc21. The van der Waals surface area contributed by atoms with E-state index < -0.39 is 0 Å². The lowest BCUT2D eigenvalue weighted by atomic mass is 10.0. The van der Waals surface area contributed by atoms with Crippen LogP contribution in [0.5, 0.6) is 0 Å². The quantitative estimate of drug-likeness (QED) is 0.535. The summed E-state index contributed by atoms with van der Waals surface area (Å²) >= 11 is 2.33. The zero-order chi connectivity index (χ0) is 8.60. The van der Waals surface area contributed by atoms with Crippen LogP contribution in [-0.2, 0) is 14.8 Å². The zero-order valence-electron chi connectivity index (χ0n) is 6.88. The first-order chi connectivity index (χ1) is 5.70. The standard InChI is InChI=1S/C9H10INO/c1-9(10)8-2-4-11-6-7(8)3-5-12-9/h2,4,6H,3,5H2,1H3. The van der Waals surface area contributed by atoms with Crippen LogP contribution in [0.3, 0.4) is 0 Å². The Labute approximate surface area is 85.5 Å². The van der Waals surface area contributed by atoms with Gasteiger partial charge in [-0.3, -0.25) is 4.98 Å². The molecule has 0 fully saturated rings. The zero-order valence-corrected chi connectivity index (χ0v) is 9.04. The van der Waals surface area contributed by atoms with Gasteiger partial charge in [-0.05, 0) is 53.1 Å². The van der Waals surface area contributed by atoms with E-state index in [4.69, 9.17) is 4.74 Å². The lowest BCUT2D eigenvalue weighted by Crippen LogP contribution is -2.26. The molecule has 0 spiro atoms. The van der Waals surface area contributed by atoms with Crippen LogP contribution in [0.2, 0.25) is 0 Å². The summed E-state index contributed by atoms with van der Waals surface area (Å²) in [7, 11) is 0. The molecule has 2 heterocycles. The van der Waals surface area contributed by atoms with Crippen molar-refractivity contribution in [3.05, 3.63) is 29.6 Å². The predicted octanol–water partition coefficient (Wildman–Crippen LogP) is 2.26. The van der Waals surface area contributed by atoms with Gasteiger partial charge in [0.15, 0.2) is 0 Å². The molecule has 2 rings (SSSR count). The van der Waals surface area contributed by atoms with Crippen molar-refractivity contribution in [3.63, 3.8) is 0 Å². The third-order valence-electron chi connectivity index (χ3n) is 2.13. The summed E-state index contributed by atoms with van der Waals surface area (Å²) in [5.41, 5.74) is 2.59. The van der Waals surface area contributed by atoms with Gasteiger partial charge in [0.05, 0.1) is 6.61 Å². The number of halogens is 1. The van der Waals surface area contributed by atoms with Gasteiger partial charge in [0.1, 0.15) is 3.61 Å². The van der Waals surface area contributed by atoms with Gasteiger partial charge in [-0.15, -0.1) is 0 Å². The molecule has 1 aromatic heterocycles. The summed E-state index contributed by atoms with van der Waals surface area (Å²) in [6, 6.07) is 2.04. The van der Waals surface area contributed by atoms with Crippen molar-refractivity contribution in [1.29, 1.82) is 0 Å². The Bertz CT molecular complexity index is 298. The van der Waals surface area contributed by atoms with E-state index in [2.05, 4.69) is 34.5 Å². The van der Waals surface area contributed by atoms with E-state index >= 15 is 0 Å². The number of hydrogen-bond donors (Lipinski definition) is 0. The van der Waals surface area contributed by atoms with Gasteiger partial charge < -0.3 is 4.74 Å². The fourth-order valence-electron chi connectivity index (χ4n) is 1.49. The van der Waals surface area contributed by atoms with Crippen LogP contribution in [0.4, 0.5) is 0 Å². The minimum Gasteiger partial charge on any atom is -0.360 e. The van der Waals surface area contributed by atoms with Crippen LogP contribution in [-0.4, -0.2) is 11.6 Å². The lowest BCUT2D eigenvalue weighted by molar-refractivity contribution is 0.0403. The second kappa shape index (κ2) is 2.96. The highest BCUT2D eigenvalue weighted by Gasteiger charge is 2.29. The van der Waals surface area contributed by atoms with Crippen molar-refractivity contribution in [2.75, 3.05) is 6.61 Å².